The highest BCUT2D eigenvalue weighted by Gasteiger charge is 2.26. The molecule has 2 aromatic carbocycles. The van der Waals surface area contributed by atoms with E-state index in [4.69, 9.17) is 19.9 Å². The van der Waals surface area contributed by atoms with E-state index in [1.807, 2.05) is 6.07 Å². The number of hydrogen-bond donors (Lipinski definition) is 1. The molecule has 0 aliphatic rings. The Hall–Kier alpha value is -3.91. The van der Waals surface area contributed by atoms with Crippen LogP contribution >= 0.6 is 11.3 Å². The van der Waals surface area contributed by atoms with Crippen molar-refractivity contribution in [2.24, 2.45) is 0 Å². The normalized spacial score (nSPS) is 10.9. The lowest BCUT2D eigenvalue weighted by Crippen LogP contribution is -2.05. The molecule has 8 heteroatoms. The maximum absolute atomic E-state index is 13.3. The van der Waals surface area contributed by atoms with Gasteiger partial charge in [0, 0.05) is 22.1 Å². The van der Waals surface area contributed by atoms with Crippen LogP contribution in [0.25, 0.3) is 21.3 Å². The number of aromatic nitrogens is 1. The first-order valence-electron chi connectivity index (χ1n) is 10.4. The van der Waals surface area contributed by atoms with Crippen LogP contribution in [-0.2, 0) is 0 Å². The fourth-order valence-electron chi connectivity index (χ4n) is 4.02. The average Bonchev–Trinajstić information content (AvgIpc) is 3.17. The largest absolute Gasteiger partial charge is 0.497 e. The van der Waals surface area contributed by atoms with Crippen LogP contribution in [-0.4, -0.2) is 37.9 Å². The summed E-state index contributed by atoms with van der Waals surface area (Å²) in [6.07, 6.45) is 0. The number of carbonyl (C=O) groups excluding carboxylic acids is 2. The third kappa shape index (κ3) is 3.86. The summed E-state index contributed by atoms with van der Waals surface area (Å²) >= 11 is 1.21. The number of carbonyl (C=O) groups is 2. The molecule has 0 atom stereocenters. The van der Waals surface area contributed by atoms with Gasteiger partial charge in [0.25, 0.3) is 0 Å². The van der Waals surface area contributed by atoms with E-state index in [2.05, 4.69) is 4.98 Å². The summed E-state index contributed by atoms with van der Waals surface area (Å²) < 4.78 is 16.0. The van der Waals surface area contributed by atoms with Gasteiger partial charge in [0.15, 0.2) is 17.3 Å². The van der Waals surface area contributed by atoms with Crippen LogP contribution in [0.2, 0.25) is 0 Å². The van der Waals surface area contributed by atoms with Crippen molar-refractivity contribution in [1.29, 1.82) is 0 Å². The zero-order valence-corrected chi connectivity index (χ0v) is 20.3. The molecule has 4 aromatic rings. The second kappa shape index (κ2) is 9.15. The molecule has 0 saturated heterocycles. The third-order valence-electron chi connectivity index (χ3n) is 5.64. The molecule has 2 aromatic heterocycles. The lowest BCUT2D eigenvalue weighted by molar-refractivity contribution is 0.101. The first-order chi connectivity index (χ1) is 16.3. The molecule has 2 N–H and O–H groups in total. The second-order valence-electron chi connectivity index (χ2n) is 7.66. The SMILES string of the molecule is COc1ccc(C(=O)c2sc3nc(C)c(C(C)=O)c(-c4ccc(OC)c(OC)c4)c3c2N)cc1. The van der Waals surface area contributed by atoms with Crippen LogP contribution in [0.15, 0.2) is 42.5 Å². The monoisotopic (exact) mass is 476 g/mol. The number of ketones is 2. The first-order valence-corrected chi connectivity index (χ1v) is 11.3. The molecule has 0 radical (unpaired) electrons. The number of anilines is 1. The zero-order chi connectivity index (χ0) is 24.6. The van der Waals surface area contributed by atoms with E-state index in [1.165, 1.54) is 18.3 Å². The number of ether oxygens (including phenoxy) is 3. The van der Waals surface area contributed by atoms with Crippen LogP contribution < -0.4 is 19.9 Å². The molecule has 0 unspecified atom stereocenters. The molecule has 0 spiro atoms. The Balaban J connectivity index is 1.99. The van der Waals surface area contributed by atoms with E-state index < -0.39 is 0 Å². The highest BCUT2D eigenvalue weighted by atomic mass is 32.1. The predicted octanol–water partition coefficient (Wildman–Crippen LogP) is 5.31. The van der Waals surface area contributed by atoms with Crippen molar-refractivity contribution < 1.29 is 23.8 Å². The molecule has 0 aliphatic carbocycles. The third-order valence-corrected chi connectivity index (χ3v) is 6.74. The fraction of sp³-hybridized carbons (Fsp3) is 0.192. The number of pyridine rings is 1. The molecular weight excluding hydrogens is 452 g/mol. The van der Waals surface area contributed by atoms with Crippen LogP contribution in [0.3, 0.4) is 0 Å². The second-order valence-corrected chi connectivity index (χ2v) is 8.65. The van der Waals surface area contributed by atoms with E-state index >= 15 is 0 Å². The van der Waals surface area contributed by atoms with Crippen molar-refractivity contribution >= 4 is 38.8 Å². The summed E-state index contributed by atoms with van der Waals surface area (Å²) in [6, 6.07) is 12.2. The quantitative estimate of drug-likeness (QED) is 0.361. The van der Waals surface area contributed by atoms with Crippen LogP contribution in [0.5, 0.6) is 17.2 Å². The molecule has 0 saturated carbocycles. The minimum atomic E-state index is -0.219. The zero-order valence-electron chi connectivity index (χ0n) is 19.5. The molecule has 0 fully saturated rings. The van der Waals surface area contributed by atoms with E-state index in [1.54, 1.807) is 64.7 Å². The maximum atomic E-state index is 13.3. The minimum Gasteiger partial charge on any atom is -0.497 e. The highest BCUT2D eigenvalue weighted by molar-refractivity contribution is 7.21. The predicted molar refractivity (Wildman–Crippen MR) is 134 cm³/mol. The van der Waals surface area contributed by atoms with E-state index in [0.29, 0.717) is 66.0 Å². The summed E-state index contributed by atoms with van der Waals surface area (Å²) in [5.41, 5.74) is 9.70. The van der Waals surface area contributed by atoms with Gasteiger partial charge in [-0.05, 0) is 55.8 Å². The van der Waals surface area contributed by atoms with Crippen molar-refractivity contribution in [3.63, 3.8) is 0 Å². The van der Waals surface area contributed by atoms with Gasteiger partial charge in [-0.2, -0.15) is 0 Å². The highest BCUT2D eigenvalue weighted by Crippen LogP contribution is 2.44. The Morgan fingerprint density at radius 1 is 0.941 bits per heavy atom. The van der Waals surface area contributed by atoms with Gasteiger partial charge in [0.1, 0.15) is 15.5 Å². The van der Waals surface area contributed by atoms with Gasteiger partial charge in [-0.1, -0.05) is 6.07 Å². The number of nitrogen functional groups attached to an aromatic ring is 1. The van der Waals surface area contributed by atoms with Gasteiger partial charge >= 0.3 is 0 Å². The van der Waals surface area contributed by atoms with Gasteiger partial charge in [-0.25, -0.2) is 4.98 Å². The number of hydrogen-bond acceptors (Lipinski definition) is 8. The van der Waals surface area contributed by atoms with Crippen molar-refractivity contribution in [3.05, 3.63) is 64.2 Å². The van der Waals surface area contributed by atoms with Gasteiger partial charge in [-0.3, -0.25) is 9.59 Å². The molecule has 2 heterocycles. The number of fused-ring (bicyclic) bond motifs is 1. The lowest BCUT2D eigenvalue weighted by atomic mass is 9.93. The summed E-state index contributed by atoms with van der Waals surface area (Å²) in [5.74, 6) is 1.36. The number of nitrogens with two attached hydrogens (primary N) is 1. The van der Waals surface area contributed by atoms with E-state index in [-0.39, 0.29) is 11.6 Å². The van der Waals surface area contributed by atoms with Crippen molar-refractivity contribution in [1.82, 2.24) is 4.98 Å². The Kier molecular flexibility index (Phi) is 6.26. The summed E-state index contributed by atoms with van der Waals surface area (Å²) in [6.45, 7) is 3.27. The number of benzene rings is 2. The van der Waals surface area contributed by atoms with Crippen molar-refractivity contribution in [2.75, 3.05) is 27.1 Å². The smallest absolute Gasteiger partial charge is 0.205 e. The molecule has 0 bridgehead atoms. The molecular formula is C26H24N2O5S. The van der Waals surface area contributed by atoms with E-state index in [9.17, 15) is 9.59 Å². The average molecular weight is 477 g/mol. The Bertz CT molecular complexity index is 1420. The summed E-state index contributed by atoms with van der Waals surface area (Å²) in [4.78, 5) is 31.6. The number of rotatable bonds is 7. The first kappa shape index (κ1) is 23.3. The summed E-state index contributed by atoms with van der Waals surface area (Å²) in [5, 5.41) is 0.574. The van der Waals surface area contributed by atoms with Crippen LogP contribution in [0.1, 0.15) is 38.2 Å². The van der Waals surface area contributed by atoms with E-state index in [0.717, 1.165) is 0 Å². The topological polar surface area (TPSA) is 101 Å². The Morgan fingerprint density at radius 3 is 2.21 bits per heavy atom. The van der Waals surface area contributed by atoms with Gasteiger partial charge < -0.3 is 19.9 Å². The molecule has 34 heavy (non-hydrogen) atoms. The van der Waals surface area contributed by atoms with Crippen LogP contribution in [0, 0.1) is 6.92 Å². The number of Topliss-reactive ketones (excluding diaryl/α,β-unsaturated/α-hetero) is 1. The molecule has 4 rings (SSSR count). The van der Waals surface area contributed by atoms with Crippen molar-refractivity contribution in [2.45, 2.75) is 13.8 Å². The van der Waals surface area contributed by atoms with Gasteiger partial charge in [0.05, 0.1) is 32.7 Å². The molecule has 0 amide bonds. The minimum absolute atomic E-state index is 0.148. The lowest BCUT2D eigenvalue weighted by Gasteiger charge is -2.15. The van der Waals surface area contributed by atoms with Crippen molar-refractivity contribution in [3.8, 4) is 28.4 Å². The van der Waals surface area contributed by atoms with Crippen LogP contribution in [0.4, 0.5) is 5.69 Å². The number of nitrogens with zero attached hydrogens (tertiary/aromatic N) is 1. The molecule has 7 nitrogen and oxygen atoms in total. The standard InChI is InChI=1S/C26H24N2O5S/c1-13-20(14(2)29)21(16-8-11-18(32-4)19(12-16)33-5)22-23(27)25(34-26(22)28-13)24(30)15-6-9-17(31-3)10-7-15/h6-12H,27H2,1-5H3. The Labute approximate surface area is 201 Å². The Morgan fingerprint density at radius 2 is 1.62 bits per heavy atom. The number of methoxy groups -OCH3 is 3. The summed E-state index contributed by atoms with van der Waals surface area (Å²) in [7, 11) is 4.67. The number of aryl methyl sites for hydroxylation is 1. The number of thiophene rings is 1. The maximum Gasteiger partial charge on any atom is 0.205 e. The molecule has 174 valence electrons. The van der Waals surface area contributed by atoms with Gasteiger partial charge in [0.2, 0.25) is 5.78 Å². The fourth-order valence-corrected chi connectivity index (χ4v) is 5.13. The van der Waals surface area contributed by atoms with Gasteiger partial charge in [-0.15, -0.1) is 11.3 Å². The molecule has 0 aliphatic heterocycles.